The van der Waals surface area contributed by atoms with Gasteiger partial charge in [-0.3, -0.25) is 4.90 Å². The Kier molecular flexibility index (Phi) is 9.17. The molecule has 206 valence electrons. The van der Waals surface area contributed by atoms with Gasteiger partial charge >= 0.3 is 6.03 Å². The smallest absolute Gasteiger partial charge is 0.321 e. The number of carbonyl (C=O) groups is 1. The highest BCUT2D eigenvalue weighted by atomic mass is 16.5. The van der Waals surface area contributed by atoms with E-state index in [2.05, 4.69) is 25.4 Å². The van der Waals surface area contributed by atoms with Crippen LogP contribution in [0.15, 0.2) is 36.5 Å². The molecule has 0 aliphatic carbocycles. The largest absolute Gasteiger partial charge is 0.492 e. The van der Waals surface area contributed by atoms with Gasteiger partial charge in [0.2, 0.25) is 5.95 Å². The highest BCUT2D eigenvalue weighted by molar-refractivity contribution is 5.91. The molecule has 38 heavy (non-hydrogen) atoms. The number of urea groups is 1. The molecule has 3 saturated heterocycles. The predicted octanol–water partition coefficient (Wildman–Crippen LogP) is 4.83. The standard InChI is InChI=1S/C29H43N7O2/c1-2-38-26-12-6-5-11-25(26)32-29(37)35-20-14-24(15-21-35)36-19-9-10-23(22-36)31-28-30-16-13-27(33-28)34-17-7-3-4-8-18-34/h5-6,11-13,16,23-24H,2-4,7-10,14-15,17-22H2,1H3,(H,32,37)(H,30,31,33). The van der Waals surface area contributed by atoms with Crippen LogP contribution < -0.4 is 20.3 Å². The number of benzene rings is 1. The fourth-order valence-electron chi connectivity index (χ4n) is 6.01. The number of carbonyl (C=O) groups excluding carboxylic acids is 1. The van der Waals surface area contributed by atoms with Gasteiger partial charge in [0.25, 0.3) is 0 Å². The summed E-state index contributed by atoms with van der Waals surface area (Å²) < 4.78 is 5.66. The van der Waals surface area contributed by atoms with Crippen molar-refractivity contribution in [1.82, 2.24) is 19.8 Å². The molecular weight excluding hydrogens is 478 g/mol. The number of rotatable bonds is 7. The second-order valence-electron chi connectivity index (χ2n) is 10.7. The fraction of sp³-hybridized carbons (Fsp3) is 0.621. The van der Waals surface area contributed by atoms with Crippen molar-refractivity contribution in [2.45, 2.75) is 70.4 Å². The number of likely N-dealkylation sites (tertiary alicyclic amines) is 2. The van der Waals surface area contributed by atoms with Crippen LogP contribution in [0.25, 0.3) is 0 Å². The van der Waals surface area contributed by atoms with Gasteiger partial charge in [0.05, 0.1) is 12.3 Å². The zero-order valence-corrected chi connectivity index (χ0v) is 22.8. The second kappa shape index (κ2) is 13.1. The average Bonchev–Trinajstić information content (AvgIpc) is 3.25. The van der Waals surface area contributed by atoms with Crippen LogP contribution >= 0.6 is 0 Å². The van der Waals surface area contributed by atoms with Gasteiger partial charge in [-0.15, -0.1) is 0 Å². The van der Waals surface area contributed by atoms with Crippen LogP contribution in [0.3, 0.4) is 0 Å². The number of hydrogen-bond donors (Lipinski definition) is 2. The molecule has 0 spiro atoms. The lowest BCUT2D eigenvalue weighted by Gasteiger charge is -2.42. The lowest BCUT2D eigenvalue weighted by atomic mass is 9.98. The fourth-order valence-corrected chi connectivity index (χ4v) is 6.01. The Hall–Kier alpha value is -3.07. The van der Waals surface area contributed by atoms with E-state index >= 15 is 0 Å². The zero-order valence-electron chi connectivity index (χ0n) is 22.8. The van der Waals surface area contributed by atoms with Gasteiger partial charge in [0, 0.05) is 51.0 Å². The van der Waals surface area contributed by atoms with E-state index in [0.717, 1.165) is 76.0 Å². The number of nitrogens with one attached hydrogen (secondary N) is 2. The van der Waals surface area contributed by atoms with E-state index in [1.165, 1.54) is 32.1 Å². The third kappa shape index (κ3) is 6.87. The highest BCUT2D eigenvalue weighted by Crippen LogP contribution is 2.26. The first-order valence-corrected chi connectivity index (χ1v) is 14.6. The number of hydrogen-bond acceptors (Lipinski definition) is 7. The monoisotopic (exact) mass is 521 g/mol. The van der Waals surface area contributed by atoms with Crippen molar-refractivity contribution in [1.29, 1.82) is 0 Å². The molecule has 4 heterocycles. The second-order valence-corrected chi connectivity index (χ2v) is 10.7. The number of aromatic nitrogens is 2. The summed E-state index contributed by atoms with van der Waals surface area (Å²) in [7, 11) is 0. The summed E-state index contributed by atoms with van der Waals surface area (Å²) in [6.07, 6.45) is 11.3. The Morgan fingerprint density at radius 2 is 1.76 bits per heavy atom. The van der Waals surface area contributed by atoms with Crippen LogP contribution in [0.4, 0.5) is 22.2 Å². The lowest BCUT2D eigenvalue weighted by Crippen LogP contribution is -2.52. The quantitative estimate of drug-likeness (QED) is 0.540. The molecule has 5 rings (SSSR count). The molecule has 2 N–H and O–H groups in total. The Labute approximate surface area is 226 Å². The van der Waals surface area contributed by atoms with Gasteiger partial charge in [-0.05, 0) is 70.2 Å². The summed E-state index contributed by atoms with van der Waals surface area (Å²) in [6, 6.07) is 10.5. The molecule has 3 aliphatic rings. The molecule has 1 atom stereocenters. The van der Waals surface area contributed by atoms with Crippen molar-refractivity contribution >= 4 is 23.5 Å². The van der Waals surface area contributed by atoms with Crippen LogP contribution in [0.2, 0.25) is 0 Å². The minimum atomic E-state index is -0.0461. The van der Waals surface area contributed by atoms with Gasteiger partial charge < -0.3 is 25.2 Å². The third-order valence-corrected chi connectivity index (χ3v) is 8.05. The summed E-state index contributed by atoms with van der Waals surface area (Å²) in [4.78, 5) is 29.3. The van der Waals surface area contributed by atoms with Gasteiger partial charge in [-0.25, -0.2) is 9.78 Å². The molecule has 3 aliphatic heterocycles. The maximum atomic E-state index is 12.9. The third-order valence-electron chi connectivity index (χ3n) is 8.05. The van der Waals surface area contributed by atoms with Crippen molar-refractivity contribution in [3.05, 3.63) is 36.5 Å². The summed E-state index contributed by atoms with van der Waals surface area (Å²) in [6.45, 7) is 8.34. The van der Waals surface area contributed by atoms with Gasteiger partial charge in [-0.2, -0.15) is 4.98 Å². The van der Waals surface area contributed by atoms with E-state index in [1.807, 2.05) is 48.4 Å². The minimum absolute atomic E-state index is 0.0461. The number of amides is 2. The van der Waals surface area contributed by atoms with Crippen molar-refractivity contribution in [2.24, 2.45) is 0 Å². The Balaban J connectivity index is 1.11. The molecule has 2 amide bonds. The Morgan fingerprint density at radius 1 is 0.974 bits per heavy atom. The lowest BCUT2D eigenvalue weighted by molar-refractivity contribution is 0.0996. The summed E-state index contributed by atoms with van der Waals surface area (Å²) >= 11 is 0. The molecule has 0 radical (unpaired) electrons. The molecule has 2 aromatic rings. The number of piperidine rings is 2. The number of para-hydroxylation sites is 2. The Morgan fingerprint density at radius 3 is 2.55 bits per heavy atom. The van der Waals surface area contributed by atoms with Gasteiger partial charge in [0.1, 0.15) is 11.6 Å². The minimum Gasteiger partial charge on any atom is -0.492 e. The number of nitrogens with zero attached hydrogens (tertiary/aromatic N) is 5. The van der Waals surface area contributed by atoms with E-state index in [-0.39, 0.29) is 6.03 Å². The molecule has 1 unspecified atom stereocenters. The topological polar surface area (TPSA) is 85.9 Å². The van der Waals surface area contributed by atoms with Crippen molar-refractivity contribution in [3.63, 3.8) is 0 Å². The van der Waals surface area contributed by atoms with Crippen molar-refractivity contribution in [3.8, 4) is 5.75 Å². The zero-order chi connectivity index (χ0) is 26.2. The predicted molar refractivity (Wildman–Crippen MR) is 152 cm³/mol. The van der Waals surface area contributed by atoms with Crippen LogP contribution in [0.1, 0.15) is 58.3 Å². The van der Waals surface area contributed by atoms with E-state index in [4.69, 9.17) is 9.72 Å². The van der Waals surface area contributed by atoms with Gasteiger partial charge in [0.15, 0.2) is 0 Å². The van der Waals surface area contributed by atoms with E-state index in [1.54, 1.807) is 0 Å². The number of ether oxygens (including phenoxy) is 1. The van der Waals surface area contributed by atoms with E-state index < -0.39 is 0 Å². The first kappa shape index (κ1) is 26.5. The maximum Gasteiger partial charge on any atom is 0.321 e. The summed E-state index contributed by atoms with van der Waals surface area (Å²) in [5.74, 6) is 2.51. The molecule has 9 heteroatoms. The molecule has 0 saturated carbocycles. The highest BCUT2D eigenvalue weighted by Gasteiger charge is 2.31. The molecule has 0 bridgehead atoms. The number of anilines is 3. The van der Waals surface area contributed by atoms with Crippen LogP contribution in [-0.4, -0.2) is 83.8 Å². The van der Waals surface area contributed by atoms with E-state index in [0.29, 0.717) is 24.4 Å². The molecule has 9 nitrogen and oxygen atoms in total. The maximum absolute atomic E-state index is 12.9. The van der Waals surface area contributed by atoms with E-state index in [9.17, 15) is 4.79 Å². The molecular formula is C29H43N7O2. The molecule has 1 aromatic carbocycles. The Bertz CT molecular complexity index is 1040. The normalized spacial score (nSPS) is 21.6. The molecule has 1 aromatic heterocycles. The van der Waals surface area contributed by atoms with Crippen molar-refractivity contribution in [2.75, 3.05) is 61.4 Å². The average molecular weight is 522 g/mol. The van der Waals surface area contributed by atoms with Crippen molar-refractivity contribution < 1.29 is 9.53 Å². The first-order valence-electron chi connectivity index (χ1n) is 14.6. The summed E-state index contributed by atoms with van der Waals surface area (Å²) in [5, 5.41) is 6.68. The first-order chi connectivity index (χ1) is 18.7. The van der Waals surface area contributed by atoms with Gasteiger partial charge in [-0.1, -0.05) is 25.0 Å². The molecule has 3 fully saturated rings. The van der Waals surface area contributed by atoms with Crippen LogP contribution in [0.5, 0.6) is 5.75 Å². The SMILES string of the molecule is CCOc1ccccc1NC(=O)N1CCC(N2CCCC(Nc3nccc(N4CCCCCC4)n3)C2)CC1. The van der Waals surface area contributed by atoms with Crippen LogP contribution in [0, 0.1) is 0 Å². The van der Waals surface area contributed by atoms with Crippen LogP contribution in [-0.2, 0) is 0 Å². The summed E-state index contributed by atoms with van der Waals surface area (Å²) in [5.41, 5.74) is 0.730.